The van der Waals surface area contributed by atoms with Crippen LogP contribution < -0.4 is 15.4 Å². The molecule has 122 valence electrons. The molecule has 23 heavy (non-hydrogen) atoms. The largest absolute Gasteiger partial charge is 0.496 e. The second-order valence-corrected chi connectivity index (χ2v) is 6.36. The standard InChI is InChI=1S/C19H23ClN2O/c1-23-18-10-3-2-6-15(18)13-22-17-9-5-11-21-19(17)14-7-4-8-16(20)12-14/h2-4,6-8,10,12,17,19,21-22H,5,9,11,13H2,1H3/t17-,19-/m0/s1. The van der Waals surface area contributed by atoms with Gasteiger partial charge in [0.25, 0.3) is 0 Å². The van der Waals surface area contributed by atoms with Crippen LogP contribution in [0.15, 0.2) is 48.5 Å². The molecule has 4 heteroatoms. The number of para-hydroxylation sites is 1. The van der Waals surface area contributed by atoms with Crippen molar-refractivity contribution in [3.63, 3.8) is 0 Å². The molecule has 0 amide bonds. The van der Waals surface area contributed by atoms with E-state index in [4.69, 9.17) is 16.3 Å². The van der Waals surface area contributed by atoms with Gasteiger partial charge in [-0.3, -0.25) is 0 Å². The van der Waals surface area contributed by atoms with E-state index in [9.17, 15) is 0 Å². The molecule has 1 heterocycles. The SMILES string of the molecule is COc1ccccc1CN[C@H]1CCCN[C@H]1c1cccc(Cl)c1. The molecular weight excluding hydrogens is 308 g/mol. The van der Waals surface area contributed by atoms with Crippen molar-refractivity contribution in [1.29, 1.82) is 0 Å². The lowest BCUT2D eigenvalue weighted by molar-refractivity contribution is 0.303. The first-order chi connectivity index (χ1) is 11.3. The van der Waals surface area contributed by atoms with Gasteiger partial charge in [-0.05, 0) is 43.1 Å². The molecule has 0 unspecified atom stereocenters. The van der Waals surface area contributed by atoms with E-state index in [1.54, 1.807) is 7.11 Å². The van der Waals surface area contributed by atoms with Crippen LogP contribution >= 0.6 is 11.6 Å². The van der Waals surface area contributed by atoms with Crippen LogP contribution in [0, 0.1) is 0 Å². The first-order valence-corrected chi connectivity index (χ1v) is 8.50. The Bertz CT molecular complexity index is 647. The van der Waals surface area contributed by atoms with Gasteiger partial charge in [-0.2, -0.15) is 0 Å². The highest BCUT2D eigenvalue weighted by molar-refractivity contribution is 6.30. The van der Waals surface area contributed by atoms with Gasteiger partial charge in [0.1, 0.15) is 5.75 Å². The van der Waals surface area contributed by atoms with E-state index in [-0.39, 0.29) is 6.04 Å². The molecule has 1 aliphatic heterocycles. The number of benzene rings is 2. The lowest BCUT2D eigenvalue weighted by atomic mass is 9.92. The molecular formula is C19H23ClN2O. The predicted octanol–water partition coefficient (Wildman–Crippen LogP) is 3.93. The fourth-order valence-corrected chi connectivity index (χ4v) is 3.45. The normalized spacial score (nSPS) is 21.1. The molecule has 0 radical (unpaired) electrons. The molecule has 2 N–H and O–H groups in total. The Morgan fingerprint density at radius 1 is 1.22 bits per heavy atom. The molecule has 0 saturated carbocycles. The molecule has 1 saturated heterocycles. The Morgan fingerprint density at radius 2 is 2.09 bits per heavy atom. The minimum atomic E-state index is 0.289. The fourth-order valence-electron chi connectivity index (χ4n) is 3.25. The number of methoxy groups -OCH3 is 1. The zero-order chi connectivity index (χ0) is 16.1. The van der Waals surface area contributed by atoms with Gasteiger partial charge < -0.3 is 15.4 Å². The molecule has 1 aliphatic rings. The Balaban J connectivity index is 1.72. The second-order valence-electron chi connectivity index (χ2n) is 5.93. The highest BCUT2D eigenvalue weighted by Gasteiger charge is 2.26. The zero-order valence-electron chi connectivity index (χ0n) is 13.4. The van der Waals surface area contributed by atoms with Crippen LogP contribution in [0.2, 0.25) is 5.02 Å². The Hall–Kier alpha value is -1.55. The van der Waals surface area contributed by atoms with Gasteiger partial charge in [-0.1, -0.05) is 41.9 Å². The van der Waals surface area contributed by atoms with Crippen molar-refractivity contribution in [3.8, 4) is 5.75 Å². The summed E-state index contributed by atoms with van der Waals surface area (Å²) in [6.45, 7) is 1.84. The number of hydrogen-bond acceptors (Lipinski definition) is 3. The number of nitrogens with one attached hydrogen (secondary N) is 2. The third kappa shape index (κ3) is 4.05. The number of halogens is 1. The first kappa shape index (κ1) is 16.3. The maximum absolute atomic E-state index is 6.16. The minimum Gasteiger partial charge on any atom is -0.496 e. The second kappa shape index (κ2) is 7.82. The summed E-state index contributed by atoms with van der Waals surface area (Å²) in [5.41, 5.74) is 2.43. The van der Waals surface area contributed by atoms with Gasteiger partial charge in [0.2, 0.25) is 0 Å². The van der Waals surface area contributed by atoms with Crippen molar-refractivity contribution >= 4 is 11.6 Å². The van der Waals surface area contributed by atoms with E-state index < -0.39 is 0 Å². The predicted molar refractivity (Wildman–Crippen MR) is 95.1 cm³/mol. The van der Waals surface area contributed by atoms with Crippen LogP contribution in [0.5, 0.6) is 5.75 Å². The highest BCUT2D eigenvalue weighted by Crippen LogP contribution is 2.26. The van der Waals surface area contributed by atoms with Crippen LogP contribution in [-0.4, -0.2) is 19.7 Å². The maximum Gasteiger partial charge on any atom is 0.123 e. The van der Waals surface area contributed by atoms with Crippen molar-refractivity contribution in [3.05, 3.63) is 64.7 Å². The van der Waals surface area contributed by atoms with Gasteiger partial charge in [0.15, 0.2) is 0 Å². The van der Waals surface area contributed by atoms with Crippen LogP contribution in [0.4, 0.5) is 0 Å². The van der Waals surface area contributed by atoms with Gasteiger partial charge in [-0.15, -0.1) is 0 Å². The molecule has 2 atom stereocenters. The first-order valence-electron chi connectivity index (χ1n) is 8.12. The van der Waals surface area contributed by atoms with Crippen molar-refractivity contribution in [2.75, 3.05) is 13.7 Å². The highest BCUT2D eigenvalue weighted by atomic mass is 35.5. The van der Waals surface area contributed by atoms with Crippen LogP contribution in [0.25, 0.3) is 0 Å². The van der Waals surface area contributed by atoms with E-state index in [0.717, 1.165) is 30.3 Å². The van der Waals surface area contributed by atoms with Gasteiger partial charge in [0, 0.05) is 29.2 Å². The molecule has 1 fully saturated rings. The average molecular weight is 331 g/mol. The summed E-state index contributed by atoms with van der Waals surface area (Å²) in [4.78, 5) is 0. The van der Waals surface area contributed by atoms with Gasteiger partial charge >= 0.3 is 0 Å². The Morgan fingerprint density at radius 3 is 2.91 bits per heavy atom. The average Bonchev–Trinajstić information content (AvgIpc) is 2.60. The minimum absolute atomic E-state index is 0.289. The number of piperidine rings is 1. The van der Waals surface area contributed by atoms with Gasteiger partial charge in [-0.25, -0.2) is 0 Å². The molecule has 3 rings (SSSR count). The van der Waals surface area contributed by atoms with Crippen LogP contribution in [0.1, 0.15) is 30.0 Å². The molecule has 2 aromatic rings. The van der Waals surface area contributed by atoms with Crippen molar-refractivity contribution in [2.45, 2.75) is 31.5 Å². The summed E-state index contributed by atoms with van der Waals surface area (Å²) in [5.74, 6) is 0.933. The van der Waals surface area contributed by atoms with Crippen LogP contribution in [-0.2, 0) is 6.54 Å². The van der Waals surface area contributed by atoms with E-state index in [1.807, 2.05) is 30.3 Å². The Labute approximate surface area is 143 Å². The smallest absolute Gasteiger partial charge is 0.123 e. The molecule has 0 aliphatic carbocycles. The Kier molecular flexibility index (Phi) is 5.55. The third-order valence-electron chi connectivity index (χ3n) is 4.41. The lowest BCUT2D eigenvalue weighted by Crippen LogP contribution is -2.45. The molecule has 0 aromatic heterocycles. The summed E-state index contributed by atoms with van der Waals surface area (Å²) < 4.78 is 5.44. The number of rotatable bonds is 5. The zero-order valence-corrected chi connectivity index (χ0v) is 14.1. The quantitative estimate of drug-likeness (QED) is 0.871. The van der Waals surface area contributed by atoms with E-state index in [1.165, 1.54) is 17.5 Å². The van der Waals surface area contributed by atoms with E-state index in [0.29, 0.717) is 6.04 Å². The number of hydrogen-bond donors (Lipinski definition) is 2. The van der Waals surface area contributed by atoms with E-state index >= 15 is 0 Å². The monoisotopic (exact) mass is 330 g/mol. The molecule has 0 bridgehead atoms. The molecule has 3 nitrogen and oxygen atoms in total. The fraction of sp³-hybridized carbons (Fsp3) is 0.368. The maximum atomic E-state index is 6.16. The topological polar surface area (TPSA) is 33.3 Å². The molecule has 0 spiro atoms. The van der Waals surface area contributed by atoms with Crippen molar-refractivity contribution in [2.24, 2.45) is 0 Å². The summed E-state index contributed by atoms with van der Waals surface area (Å²) in [5, 5.41) is 8.11. The lowest BCUT2D eigenvalue weighted by Gasteiger charge is -2.34. The summed E-state index contributed by atoms with van der Waals surface area (Å²) in [6, 6.07) is 17.0. The number of ether oxygens (including phenoxy) is 1. The van der Waals surface area contributed by atoms with Crippen molar-refractivity contribution < 1.29 is 4.74 Å². The summed E-state index contributed by atoms with van der Waals surface area (Å²) in [6.07, 6.45) is 2.33. The van der Waals surface area contributed by atoms with Crippen LogP contribution in [0.3, 0.4) is 0 Å². The summed E-state index contributed by atoms with van der Waals surface area (Å²) >= 11 is 6.16. The summed E-state index contributed by atoms with van der Waals surface area (Å²) in [7, 11) is 1.72. The third-order valence-corrected chi connectivity index (χ3v) is 4.65. The van der Waals surface area contributed by atoms with Crippen molar-refractivity contribution in [1.82, 2.24) is 10.6 Å². The van der Waals surface area contributed by atoms with Gasteiger partial charge in [0.05, 0.1) is 7.11 Å². The van der Waals surface area contributed by atoms with E-state index in [2.05, 4.69) is 28.8 Å². The molecule has 2 aromatic carbocycles.